The highest BCUT2D eigenvalue weighted by Crippen LogP contribution is 2.30. The highest BCUT2D eigenvalue weighted by molar-refractivity contribution is 5.94. The van der Waals surface area contributed by atoms with Crippen molar-refractivity contribution in [2.24, 2.45) is 5.92 Å². The first-order chi connectivity index (χ1) is 12.9. The molecule has 27 heavy (non-hydrogen) atoms. The Morgan fingerprint density at radius 1 is 1.30 bits per heavy atom. The van der Waals surface area contributed by atoms with E-state index in [4.69, 9.17) is 5.11 Å². The minimum Gasteiger partial charge on any atom is -0.481 e. The van der Waals surface area contributed by atoms with E-state index in [-0.39, 0.29) is 17.8 Å². The third-order valence-electron chi connectivity index (χ3n) is 5.59. The van der Waals surface area contributed by atoms with Gasteiger partial charge in [-0.1, -0.05) is 6.07 Å². The van der Waals surface area contributed by atoms with Crippen molar-refractivity contribution >= 4 is 11.9 Å². The number of nitrogens with zero attached hydrogens (tertiary/aromatic N) is 2. The molecule has 1 aromatic carbocycles. The van der Waals surface area contributed by atoms with E-state index < -0.39 is 11.9 Å². The molecule has 2 aliphatic carbocycles. The molecule has 0 radical (unpaired) electrons. The van der Waals surface area contributed by atoms with Crippen molar-refractivity contribution in [2.45, 2.75) is 51.5 Å². The van der Waals surface area contributed by atoms with E-state index in [1.54, 1.807) is 16.8 Å². The second-order valence-electron chi connectivity index (χ2n) is 7.51. The van der Waals surface area contributed by atoms with Crippen LogP contribution in [-0.4, -0.2) is 32.8 Å². The number of aromatic nitrogens is 2. The summed E-state index contributed by atoms with van der Waals surface area (Å²) in [6.45, 7) is 1.89. The predicted octanol–water partition coefficient (Wildman–Crippen LogP) is 2.79. The van der Waals surface area contributed by atoms with Gasteiger partial charge in [0, 0.05) is 17.3 Å². The van der Waals surface area contributed by atoms with Crippen LogP contribution >= 0.6 is 0 Å². The van der Waals surface area contributed by atoms with Crippen LogP contribution in [0.3, 0.4) is 0 Å². The van der Waals surface area contributed by atoms with Gasteiger partial charge < -0.3 is 10.4 Å². The number of rotatable bonds is 4. The van der Waals surface area contributed by atoms with Crippen LogP contribution in [0.5, 0.6) is 0 Å². The molecule has 1 aromatic heterocycles. The van der Waals surface area contributed by atoms with E-state index in [1.165, 1.54) is 6.07 Å². The molecule has 2 aliphatic rings. The van der Waals surface area contributed by atoms with Crippen molar-refractivity contribution in [3.63, 3.8) is 0 Å². The van der Waals surface area contributed by atoms with Gasteiger partial charge in [0.2, 0.25) is 0 Å². The number of carbonyl (C=O) groups is 2. The van der Waals surface area contributed by atoms with E-state index in [2.05, 4.69) is 10.4 Å². The number of carboxylic acid groups (broad SMARTS) is 1. The number of halogens is 1. The molecule has 2 atom stereocenters. The van der Waals surface area contributed by atoms with Crippen LogP contribution in [0.1, 0.15) is 53.0 Å². The predicted molar refractivity (Wildman–Crippen MR) is 96.5 cm³/mol. The summed E-state index contributed by atoms with van der Waals surface area (Å²) in [6.07, 6.45) is 4.07. The molecular weight excluding hydrogens is 349 g/mol. The summed E-state index contributed by atoms with van der Waals surface area (Å²) in [5, 5.41) is 16.5. The van der Waals surface area contributed by atoms with Gasteiger partial charge in [-0.05, 0) is 63.1 Å². The molecule has 6 nitrogen and oxygen atoms in total. The van der Waals surface area contributed by atoms with Crippen LogP contribution in [0.15, 0.2) is 18.2 Å². The second-order valence-corrected chi connectivity index (χ2v) is 7.51. The largest absolute Gasteiger partial charge is 0.481 e. The second kappa shape index (κ2) is 6.79. The van der Waals surface area contributed by atoms with E-state index in [1.807, 2.05) is 6.92 Å². The molecular formula is C20H22FN3O3. The topological polar surface area (TPSA) is 84.2 Å². The lowest BCUT2D eigenvalue weighted by atomic mass is 10.1. The summed E-state index contributed by atoms with van der Waals surface area (Å²) >= 11 is 0. The van der Waals surface area contributed by atoms with Gasteiger partial charge in [0.05, 0.1) is 5.92 Å². The Morgan fingerprint density at radius 3 is 2.85 bits per heavy atom. The number of benzene rings is 1. The molecule has 1 amide bonds. The molecule has 142 valence electrons. The van der Waals surface area contributed by atoms with Gasteiger partial charge in [-0.3, -0.25) is 9.59 Å². The average molecular weight is 371 g/mol. The van der Waals surface area contributed by atoms with E-state index in [0.717, 1.165) is 36.1 Å². The molecule has 4 rings (SSSR count). The Morgan fingerprint density at radius 2 is 2.11 bits per heavy atom. The fourth-order valence-electron chi connectivity index (χ4n) is 4.19. The zero-order valence-corrected chi connectivity index (χ0v) is 15.2. The maximum Gasteiger partial charge on any atom is 0.306 e. The van der Waals surface area contributed by atoms with Gasteiger partial charge >= 0.3 is 5.97 Å². The van der Waals surface area contributed by atoms with Crippen LogP contribution in [0.25, 0.3) is 5.69 Å². The minimum absolute atomic E-state index is 0.156. The SMILES string of the molecule is Cc1ccc(F)c(-n2nc(C(=O)N[C@H]3CC[C@@H](C(=O)O)C3)c3c2CCC3)c1. The molecule has 0 bridgehead atoms. The molecule has 7 heteroatoms. The van der Waals surface area contributed by atoms with Crippen molar-refractivity contribution in [1.82, 2.24) is 15.1 Å². The lowest BCUT2D eigenvalue weighted by Gasteiger charge is -2.12. The number of carbonyl (C=O) groups excluding carboxylic acids is 1. The van der Waals surface area contributed by atoms with Crippen molar-refractivity contribution < 1.29 is 19.1 Å². The van der Waals surface area contributed by atoms with Gasteiger partial charge in [0.1, 0.15) is 11.5 Å². The fraction of sp³-hybridized carbons (Fsp3) is 0.450. The van der Waals surface area contributed by atoms with E-state index in [0.29, 0.717) is 30.6 Å². The van der Waals surface area contributed by atoms with E-state index in [9.17, 15) is 14.0 Å². The summed E-state index contributed by atoms with van der Waals surface area (Å²) < 4.78 is 15.9. The lowest BCUT2D eigenvalue weighted by Crippen LogP contribution is -2.34. The Hall–Kier alpha value is -2.70. The first-order valence-electron chi connectivity index (χ1n) is 9.35. The van der Waals surface area contributed by atoms with Gasteiger partial charge in [0.25, 0.3) is 5.91 Å². The summed E-state index contributed by atoms with van der Waals surface area (Å²) in [5.41, 5.74) is 3.38. The number of amides is 1. The molecule has 1 fully saturated rings. The maximum absolute atomic E-state index is 14.4. The molecule has 0 saturated heterocycles. The van der Waals surface area contributed by atoms with Crippen LogP contribution in [0, 0.1) is 18.7 Å². The first-order valence-corrected chi connectivity index (χ1v) is 9.35. The Kier molecular flexibility index (Phi) is 4.45. The number of hydrogen-bond acceptors (Lipinski definition) is 3. The standard InChI is InChI=1S/C20H22FN3O3/c1-11-5-8-15(21)17(9-11)24-16-4-2-3-14(16)18(23-24)19(25)22-13-7-6-12(10-13)20(26)27/h5,8-9,12-13H,2-4,6-7,10H2,1H3,(H,22,25)(H,26,27)/t12-,13+/m1/s1. The van der Waals surface area contributed by atoms with Crippen molar-refractivity contribution in [2.75, 3.05) is 0 Å². The minimum atomic E-state index is -0.813. The molecule has 2 aromatic rings. The van der Waals surface area contributed by atoms with Crippen LogP contribution < -0.4 is 5.32 Å². The number of carboxylic acids is 1. The van der Waals surface area contributed by atoms with Gasteiger partial charge in [-0.2, -0.15) is 5.10 Å². The number of aryl methyl sites for hydroxylation is 1. The zero-order chi connectivity index (χ0) is 19.1. The number of fused-ring (bicyclic) bond motifs is 1. The van der Waals surface area contributed by atoms with Crippen molar-refractivity contribution in [3.05, 3.63) is 46.5 Å². The van der Waals surface area contributed by atoms with Gasteiger partial charge in [-0.25, -0.2) is 9.07 Å². The highest BCUT2D eigenvalue weighted by Gasteiger charge is 2.33. The zero-order valence-electron chi connectivity index (χ0n) is 15.2. The Labute approximate surface area is 156 Å². The molecule has 1 saturated carbocycles. The number of nitrogens with one attached hydrogen (secondary N) is 1. The van der Waals surface area contributed by atoms with Crippen LogP contribution in [-0.2, 0) is 17.6 Å². The summed E-state index contributed by atoms with van der Waals surface area (Å²) in [4.78, 5) is 23.9. The van der Waals surface area contributed by atoms with Crippen molar-refractivity contribution in [1.29, 1.82) is 0 Å². The molecule has 0 spiro atoms. The van der Waals surface area contributed by atoms with E-state index >= 15 is 0 Å². The summed E-state index contributed by atoms with van der Waals surface area (Å²) in [7, 11) is 0. The van der Waals surface area contributed by atoms with Gasteiger partial charge in [0.15, 0.2) is 5.69 Å². The molecule has 2 N–H and O–H groups in total. The average Bonchev–Trinajstić information content (AvgIpc) is 3.33. The smallest absolute Gasteiger partial charge is 0.306 e. The van der Waals surface area contributed by atoms with Gasteiger partial charge in [-0.15, -0.1) is 0 Å². The highest BCUT2D eigenvalue weighted by atomic mass is 19.1. The first kappa shape index (κ1) is 17.7. The Bertz CT molecular complexity index is 921. The molecule has 0 aliphatic heterocycles. The third-order valence-corrected chi connectivity index (χ3v) is 5.59. The fourth-order valence-corrected chi connectivity index (χ4v) is 4.19. The van der Waals surface area contributed by atoms with Crippen LogP contribution in [0.2, 0.25) is 0 Å². The number of aliphatic carboxylic acids is 1. The lowest BCUT2D eigenvalue weighted by molar-refractivity contribution is -0.141. The maximum atomic E-state index is 14.4. The molecule has 1 heterocycles. The van der Waals surface area contributed by atoms with Crippen LogP contribution in [0.4, 0.5) is 4.39 Å². The normalized spacial score (nSPS) is 21.3. The monoisotopic (exact) mass is 371 g/mol. The summed E-state index contributed by atoms with van der Waals surface area (Å²) in [5.74, 6) is -1.88. The number of hydrogen-bond donors (Lipinski definition) is 2. The van der Waals surface area contributed by atoms with Crippen molar-refractivity contribution in [3.8, 4) is 5.69 Å². The Balaban J connectivity index is 1.62. The third kappa shape index (κ3) is 3.22. The molecule has 0 unspecified atom stereocenters. The quantitative estimate of drug-likeness (QED) is 0.866. The summed E-state index contributed by atoms with van der Waals surface area (Å²) in [6, 6.07) is 4.70.